The van der Waals surface area contributed by atoms with E-state index in [0.717, 1.165) is 5.56 Å². The molecule has 2 rings (SSSR count). The number of halogens is 2. The highest BCUT2D eigenvalue weighted by atomic mass is 127. The van der Waals surface area contributed by atoms with E-state index >= 15 is 0 Å². The van der Waals surface area contributed by atoms with Crippen molar-refractivity contribution < 1.29 is 19.0 Å². The van der Waals surface area contributed by atoms with Crippen LogP contribution in [0.15, 0.2) is 70.2 Å². The third kappa shape index (κ3) is 6.02. The predicted molar refractivity (Wildman–Crippen MR) is 100 cm³/mol. The Labute approximate surface area is 158 Å². The molecule has 5 nitrogen and oxygen atoms in total. The number of hydrogen-bond acceptors (Lipinski definition) is 5. The summed E-state index contributed by atoms with van der Waals surface area (Å²) in [5.74, 6) is -1.40. The monoisotopic (exact) mass is 454 g/mol. The third-order valence-corrected chi connectivity index (χ3v) is 3.80. The fraction of sp³-hybridized carbons (Fsp3) is 0.167. The summed E-state index contributed by atoms with van der Waals surface area (Å²) >= 11 is 1.97. The van der Waals surface area contributed by atoms with Crippen molar-refractivity contribution in [2.24, 2.45) is 10.2 Å². The molecule has 0 radical (unpaired) electrons. The van der Waals surface area contributed by atoms with E-state index in [2.05, 4.69) is 10.2 Å². The molecule has 0 fully saturated rings. The first-order valence-electron chi connectivity index (χ1n) is 7.39. The molecular weight excluding hydrogens is 438 g/mol. The number of rotatable bonds is 7. The summed E-state index contributed by atoms with van der Waals surface area (Å²) in [6.07, 6.45) is 0. The Bertz CT molecular complexity index is 807. The molecule has 0 amide bonds. The van der Waals surface area contributed by atoms with Crippen molar-refractivity contribution in [3.63, 3.8) is 0 Å². The van der Waals surface area contributed by atoms with E-state index in [4.69, 9.17) is 4.74 Å². The average Bonchev–Trinajstić information content (AvgIpc) is 2.57. The molecule has 1 N–H and O–H groups in total. The summed E-state index contributed by atoms with van der Waals surface area (Å²) in [6, 6.07) is 13.8. The first-order valence-corrected chi connectivity index (χ1v) is 8.46. The van der Waals surface area contributed by atoms with Gasteiger partial charge in [0.25, 0.3) is 0 Å². The number of aliphatic hydroxyl groups excluding tert-OH is 1. The van der Waals surface area contributed by atoms with Crippen molar-refractivity contribution >= 4 is 34.1 Å². The fourth-order valence-electron chi connectivity index (χ4n) is 1.91. The highest BCUT2D eigenvalue weighted by molar-refractivity contribution is 14.1. The topological polar surface area (TPSA) is 71.2 Å². The molecule has 0 unspecified atom stereocenters. The van der Waals surface area contributed by atoms with Crippen molar-refractivity contribution in [3.05, 3.63) is 74.9 Å². The lowest BCUT2D eigenvalue weighted by atomic mass is 10.2. The minimum absolute atomic E-state index is 0.0165. The first-order chi connectivity index (χ1) is 12.0. The molecule has 25 heavy (non-hydrogen) atoms. The van der Waals surface area contributed by atoms with Crippen LogP contribution in [-0.4, -0.2) is 17.5 Å². The second-order valence-electron chi connectivity index (χ2n) is 5.13. The highest BCUT2D eigenvalue weighted by Crippen LogP contribution is 2.21. The maximum Gasteiger partial charge on any atom is 0.183 e. The Hall–Kier alpha value is -2.13. The molecule has 0 saturated heterocycles. The summed E-state index contributed by atoms with van der Waals surface area (Å²) in [4.78, 5) is 11.7. The van der Waals surface area contributed by atoms with Gasteiger partial charge in [-0.25, -0.2) is 4.39 Å². The van der Waals surface area contributed by atoms with Crippen LogP contribution in [0, 0.1) is 9.39 Å². The van der Waals surface area contributed by atoms with Crippen molar-refractivity contribution in [1.29, 1.82) is 0 Å². The van der Waals surface area contributed by atoms with Crippen molar-refractivity contribution in [2.45, 2.75) is 13.5 Å². The van der Waals surface area contributed by atoms with E-state index in [1.54, 1.807) is 6.07 Å². The SMILES string of the molecule is CC(=O)/C(N=Nc1ccc(I)cc1F)=C(\O)COCc1ccccc1. The van der Waals surface area contributed by atoms with E-state index in [1.165, 1.54) is 19.1 Å². The number of carbonyl (C=O) groups excluding carboxylic acids is 1. The number of ketones is 1. The quantitative estimate of drug-likeness (QED) is 0.274. The maximum absolute atomic E-state index is 13.7. The molecule has 0 aliphatic heterocycles. The van der Waals surface area contributed by atoms with Crippen molar-refractivity contribution in [1.82, 2.24) is 0 Å². The molecule has 0 bridgehead atoms. The normalized spacial score (nSPS) is 12.3. The molecule has 0 spiro atoms. The largest absolute Gasteiger partial charge is 0.507 e. The van der Waals surface area contributed by atoms with E-state index in [9.17, 15) is 14.3 Å². The lowest BCUT2D eigenvalue weighted by Crippen LogP contribution is -2.05. The number of aliphatic hydroxyl groups is 1. The number of azo groups is 1. The van der Waals surface area contributed by atoms with Gasteiger partial charge in [0.05, 0.1) is 6.61 Å². The van der Waals surface area contributed by atoms with E-state index in [0.29, 0.717) is 3.57 Å². The third-order valence-electron chi connectivity index (χ3n) is 3.12. The smallest absolute Gasteiger partial charge is 0.183 e. The minimum Gasteiger partial charge on any atom is -0.507 e. The van der Waals surface area contributed by atoms with Crippen molar-refractivity contribution in [2.75, 3.05) is 6.61 Å². The van der Waals surface area contributed by atoms with Gasteiger partial charge in [-0.2, -0.15) is 0 Å². The van der Waals surface area contributed by atoms with Crippen LogP contribution in [0.5, 0.6) is 0 Å². The zero-order valence-corrected chi connectivity index (χ0v) is 15.6. The van der Waals surface area contributed by atoms with Crippen LogP contribution in [0.4, 0.5) is 10.1 Å². The molecule has 0 aliphatic carbocycles. The summed E-state index contributed by atoms with van der Waals surface area (Å²) in [5.41, 5.74) is 0.658. The molecule has 2 aromatic carbocycles. The van der Waals surface area contributed by atoms with Gasteiger partial charge in [-0.3, -0.25) is 4.79 Å². The van der Waals surface area contributed by atoms with Gasteiger partial charge in [-0.05, 0) is 46.4 Å². The fourth-order valence-corrected chi connectivity index (χ4v) is 2.36. The zero-order valence-electron chi connectivity index (χ0n) is 13.4. The molecule has 0 aromatic heterocycles. The van der Waals surface area contributed by atoms with Crippen LogP contribution in [0.3, 0.4) is 0 Å². The number of benzene rings is 2. The number of hydrogen-bond donors (Lipinski definition) is 1. The van der Waals surface area contributed by atoms with Gasteiger partial charge < -0.3 is 9.84 Å². The molecule has 130 valence electrons. The predicted octanol–water partition coefficient (Wildman–Crippen LogP) is 5.09. The lowest BCUT2D eigenvalue weighted by Gasteiger charge is -2.05. The van der Waals surface area contributed by atoms with Crippen LogP contribution in [0.2, 0.25) is 0 Å². The Kier molecular flexibility index (Phi) is 7.20. The molecule has 0 saturated carbocycles. The Morgan fingerprint density at radius 1 is 1.24 bits per heavy atom. The van der Waals surface area contributed by atoms with Crippen LogP contribution in [-0.2, 0) is 16.1 Å². The van der Waals surface area contributed by atoms with Gasteiger partial charge in [-0.1, -0.05) is 30.3 Å². The summed E-state index contributed by atoms with van der Waals surface area (Å²) < 4.78 is 19.8. The first kappa shape index (κ1) is 19.2. The second kappa shape index (κ2) is 9.38. The van der Waals surface area contributed by atoms with Gasteiger partial charge in [0.1, 0.15) is 18.1 Å². The van der Waals surface area contributed by atoms with Gasteiger partial charge in [-0.15, -0.1) is 10.2 Å². The molecule has 0 aliphatic rings. The van der Waals surface area contributed by atoms with Gasteiger partial charge in [0.15, 0.2) is 17.3 Å². The summed E-state index contributed by atoms with van der Waals surface area (Å²) in [6.45, 7) is 1.32. The summed E-state index contributed by atoms with van der Waals surface area (Å²) in [5, 5.41) is 17.4. The van der Waals surface area contributed by atoms with Crippen molar-refractivity contribution in [3.8, 4) is 0 Å². The average molecular weight is 454 g/mol. The molecule has 2 aromatic rings. The highest BCUT2D eigenvalue weighted by Gasteiger charge is 2.12. The molecule has 0 heterocycles. The Balaban J connectivity index is 2.08. The van der Waals surface area contributed by atoms with E-state index < -0.39 is 11.6 Å². The lowest BCUT2D eigenvalue weighted by molar-refractivity contribution is -0.113. The number of nitrogens with zero attached hydrogens (tertiary/aromatic N) is 2. The van der Waals surface area contributed by atoms with Crippen LogP contribution in [0.25, 0.3) is 0 Å². The van der Waals surface area contributed by atoms with Gasteiger partial charge in [0, 0.05) is 10.5 Å². The molecule has 0 atom stereocenters. The van der Waals surface area contributed by atoms with Gasteiger partial charge >= 0.3 is 0 Å². The van der Waals surface area contributed by atoms with Crippen LogP contribution < -0.4 is 0 Å². The van der Waals surface area contributed by atoms with Crippen LogP contribution in [0.1, 0.15) is 12.5 Å². The molecular formula is C18H16FIN2O3. The Morgan fingerprint density at radius 3 is 2.60 bits per heavy atom. The second-order valence-corrected chi connectivity index (χ2v) is 6.37. The number of carbonyl (C=O) groups is 1. The number of ether oxygens (including phenoxy) is 1. The molecule has 7 heteroatoms. The van der Waals surface area contributed by atoms with Crippen LogP contribution >= 0.6 is 22.6 Å². The zero-order chi connectivity index (χ0) is 18.2. The summed E-state index contributed by atoms with van der Waals surface area (Å²) in [7, 11) is 0. The minimum atomic E-state index is -0.557. The number of allylic oxidation sites excluding steroid dienone is 1. The van der Waals surface area contributed by atoms with E-state index in [-0.39, 0.29) is 30.4 Å². The van der Waals surface area contributed by atoms with E-state index in [1.807, 2.05) is 52.9 Å². The van der Waals surface area contributed by atoms with Gasteiger partial charge in [0.2, 0.25) is 0 Å². The Morgan fingerprint density at radius 2 is 1.96 bits per heavy atom. The standard InChI is InChI=1S/C18H16FIN2O3/c1-12(23)18(22-21-16-8-7-14(20)9-15(16)19)17(24)11-25-10-13-5-3-2-4-6-13/h2-9,24H,10-11H2,1H3/b18-17+,22-21?. The number of Topliss-reactive ketones (excluding diaryl/α,β-unsaturated/α-hetero) is 1. The maximum atomic E-state index is 13.7.